The fourth-order valence-corrected chi connectivity index (χ4v) is 5.17. The monoisotopic (exact) mass is 438 g/mol. The van der Waals surface area contributed by atoms with E-state index in [4.69, 9.17) is 5.73 Å². The predicted molar refractivity (Wildman–Crippen MR) is 116 cm³/mol. The molecule has 2 aliphatic heterocycles. The molecule has 31 heavy (non-hydrogen) atoms. The van der Waals surface area contributed by atoms with Crippen molar-refractivity contribution in [3.05, 3.63) is 60.2 Å². The number of nitrogens with one attached hydrogen (secondary N) is 2. The van der Waals surface area contributed by atoms with Crippen molar-refractivity contribution in [3.8, 4) is 0 Å². The Morgan fingerprint density at radius 2 is 1.81 bits per heavy atom. The van der Waals surface area contributed by atoms with Crippen LogP contribution in [0.15, 0.2) is 59.5 Å². The molecule has 4 N–H and O–H groups in total. The lowest BCUT2D eigenvalue weighted by Gasteiger charge is -2.29. The largest absolute Gasteiger partial charge is 0.368 e. The van der Waals surface area contributed by atoms with Gasteiger partial charge in [-0.25, -0.2) is 0 Å². The number of primary amides is 1. The number of hydrogen-bond donors (Lipinski definition) is 3. The molecule has 1 saturated heterocycles. The summed E-state index contributed by atoms with van der Waals surface area (Å²) in [6.45, 7) is -0.301. The molecular weight excluding hydrogens is 416 g/mol. The van der Waals surface area contributed by atoms with E-state index >= 15 is 0 Å². The van der Waals surface area contributed by atoms with Gasteiger partial charge in [-0.15, -0.1) is 11.8 Å². The van der Waals surface area contributed by atoms with Crippen LogP contribution in [0.3, 0.4) is 0 Å². The third-order valence-electron chi connectivity index (χ3n) is 5.30. The van der Waals surface area contributed by atoms with Gasteiger partial charge in [0.15, 0.2) is 0 Å². The predicted octanol–water partition coefficient (Wildman–Crippen LogP) is 1.12. The molecule has 0 bridgehead atoms. The van der Waals surface area contributed by atoms with Gasteiger partial charge >= 0.3 is 0 Å². The van der Waals surface area contributed by atoms with Crippen LogP contribution in [-0.4, -0.2) is 42.3 Å². The topological polar surface area (TPSA) is 122 Å². The Hall–Kier alpha value is -3.33. The van der Waals surface area contributed by atoms with Crippen molar-refractivity contribution >= 4 is 41.1 Å². The zero-order valence-electron chi connectivity index (χ0n) is 16.6. The number of benzene rings is 2. The van der Waals surface area contributed by atoms with Gasteiger partial charge in [0.05, 0.1) is 10.9 Å². The fraction of sp³-hybridized carbons (Fsp3) is 0.273. The molecular formula is C22H22N4O4S. The number of amides is 4. The molecule has 2 aromatic rings. The van der Waals surface area contributed by atoms with Crippen molar-refractivity contribution in [2.75, 3.05) is 11.4 Å². The number of thioether (sulfide) groups is 1. The molecule has 2 heterocycles. The second-order valence-electron chi connectivity index (χ2n) is 7.45. The maximum atomic E-state index is 13.6. The molecule has 0 spiro atoms. The number of hydrogen-bond acceptors (Lipinski definition) is 5. The van der Waals surface area contributed by atoms with Gasteiger partial charge in [0, 0.05) is 11.3 Å². The van der Waals surface area contributed by atoms with E-state index in [1.807, 2.05) is 42.5 Å². The molecule has 1 fully saturated rings. The molecule has 8 nitrogen and oxygen atoms in total. The lowest BCUT2D eigenvalue weighted by Crippen LogP contribution is -2.55. The molecule has 9 heteroatoms. The highest BCUT2D eigenvalue weighted by Crippen LogP contribution is 2.45. The summed E-state index contributed by atoms with van der Waals surface area (Å²) in [5.41, 5.74) is 6.86. The summed E-state index contributed by atoms with van der Waals surface area (Å²) < 4.78 is 0. The Morgan fingerprint density at radius 3 is 2.48 bits per heavy atom. The van der Waals surface area contributed by atoms with Crippen LogP contribution in [0.2, 0.25) is 0 Å². The average Bonchev–Trinajstić information content (AvgIpc) is 3.17. The lowest BCUT2D eigenvalue weighted by atomic mass is 10.0. The average molecular weight is 439 g/mol. The van der Waals surface area contributed by atoms with Crippen LogP contribution in [0.1, 0.15) is 23.7 Å². The number of rotatable bonds is 5. The first kappa shape index (κ1) is 20.9. The molecule has 0 radical (unpaired) electrons. The summed E-state index contributed by atoms with van der Waals surface area (Å²) in [6, 6.07) is 15.0. The maximum absolute atomic E-state index is 13.6. The van der Waals surface area contributed by atoms with Crippen molar-refractivity contribution in [1.29, 1.82) is 0 Å². The van der Waals surface area contributed by atoms with Gasteiger partial charge in [0.1, 0.15) is 18.6 Å². The maximum Gasteiger partial charge on any atom is 0.251 e. The van der Waals surface area contributed by atoms with Crippen LogP contribution in [0, 0.1) is 0 Å². The fourth-order valence-electron chi connectivity index (χ4n) is 3.82. The van der Waals surface area contributed by atoms with Crippen molar-refractivity contribution in [3.63, 3.8) is 0 Å². The molecule has 2 aromatic carbocycles. The van der Waals surface area contributed by atoms with Gasteiger partial charge < -0.3 is 21.3 Å². The summed E-state index contributed by atoms with van der Waals surface area (Å²) in [5, 5.41) is 5.04. The standard InChI is InChI=1S/C22H22N4O4S/c23-17(27)12-26-15-8-4-5-9-16(15)31-20(13-6-2-1-3-7-13)19(22(26)30)25-21(29)14-10-11-18(28)24-14/h1-9,14,19-20H,10-12H2,(H2,23,27)(H,24,28)(H,25,29)/t14-,19?,20?/m0/s1. The van der Waals surface area contributed by atoms with E-state index in [1.54, 1.807) is 12.1 Å². The highest BCUT2D eigenvalue weighted by molar-refractivity contribution is 7.99. The van der Waals surface area contributed by atoms with Crippen LogP contribution < -0.4 is 21.3 Å². The third kappa shape index (κ3) is 4.41. The molecule has 160 valence electrons. The van der Waals surface area contributed by atoms with Gasteiger partial charge in [0.2, 0.25) is 17.7 Å². The summed E-state index contributed by atoms with van der Waals surface area (Å²) in [5.74, 6) is -1.69. The van der Waals surface area contributed by atoms with E-state index in [0.717, 1.165) is 10.5 Å². The minimum atomic E-state index is -0.954. The quantitative estimate of drug-likeness (QED) is 0.646. The Morgan fingerprint density at radius 1 is 1.10 bits per heavy atom. The highest BCUT2D eigenvalue weighted by Gasteiger charge is 2.41. The molecule has 0 aliphatic carbocycles. The molecule has 3 atom stereocenters. The molecule has 2 aliphatic rings. The minimum Gasteiger partial charge on any atom is -0.368 e. The first-order valence-electron chi connectivity index (χ1n) is 9.94. The first-order valence-corrected chi connectivity index (χ1v) is 10.8. The van der Waals surface area contributed by atoms with Gasteiger partial charge in [-0.1, -0.05) is 42.5 Å². The van der Waals surface area contributed by atoms with Gasteiger partial charge in [0.25, 0.3) is 5.91 Å². The normalized spacial score (nSPS) is 23.0. The Kier molecular flexibility index (Phi) is 5.94. The van der Waals surface area contributed by atoms with Crippen LogP contribution in [0.25, 0.3) is 0 Å². The van der Waals surface area contributed by atoms with E-state index in [-0.39, 0.29) is 18.9 Å². The SMILES string of the molecule is NC(=O)CN1C(=O)C(NC(=O)[C@@H]2CCC(=O)N2)C(c2ccccc2)Sc2ccccc21. The van der Waals surface area contributed by atoms with E-state index < -0.39 is 35.1 Å². The van der Waals surface area contributed by atoms with Crippen LogP contribution >= 0.6 is 11.8 Å². The molecule has 0 saturated carbocycles. The lowest BCUT2D eigenvalue weighted by molar-refractivity contribution is -0.129. The molecule has 4 rings (SSSR count). The first-order chi connectivity index (χ1) is 14.9. The van der Waals surface area contributed by atoms with Crippen molar-refractivity contribution < 1.29 is 19.2 Å². The summed E-state index contributed by atoms with van der Waals surface area (Å²) in [4.78, 5) is 52.0. The van der Waals surface area contributed by atoms with Crippen molar-refractivity contribution in [2.24, 2.45) is 5.73 Å². The van der Waals surface area contributed by atoms with Crippen molar-refractivity contribution in [1.82, 2.24) is 10.6 Å². The number of para-hydroxylation sites is 1. The summed E-state index contributed by atoms with van der Waals surface area (Å²) in [7, 11) is 0. The number of fused-ring (bicyclic) bond motifs is 1. The van der Waals surface area contributed by atoms with Gasteiger partial charge in [-0.3, -0.25) is 19.2 Å². The van der Waals surface area contributed by atoms with Gasteiger partial charge in [-0.2, -0.15) is 0 Å². The van der Waals surface area contributed by atoms with Crippen molar-refractivity contribution in [2.45, 2.75) is 35.1 Å². The van der Waals surface area contributed by atoms with E-state index in [1.165, 1.54) is 16.7 Å². The molecule has 4 amide bonds. The second-order valence-corrected chi connectivity index (χ2v) is 8.64. The number of nitrogens with zero attached hydrogens (tertiary/aromatic N) is 1. The highest BCUT2D eigenvalue weighted by atomic mass is 32.2. The second kappa shape index (κ2) is 8.81. The number of carbonyl (C=O) groups is 4. The Bertz CT molecular complexity index is 1030. The van der Waals surface area contributed by atoms with E-state index in [9.17, 15) is 19.2 Å². The van der Waals surface area contributed by atoms with E-state index in [0.29, 0.717) is 12.1 Å². The zero-order valence-corrected chi connectivity index (χ0v) is 17.4. The number of anilines is 1. The number of carbonyl (C=O) groups excluding carboxylic acids is 4. The smallest absolute Gasteiger partial charge is 0.251 e. The third-order valence-corrected chi connectivity index (χ3v) is 6.69. The van der Waals surface area contributed by atoms with Crippen LogP contribution in [0.4, 0.5) is 5.69 Å². The Labute approximate surface area is 183 Å². The zero-order chi connectivity index (χ0) is 22.0. The summed E-state index contributed by atoms with van der Waals surface area (Å²) in [6.07, 6.45) is 0.646. The molecule has 2 unspecified atom stereocenters. The van der Waals surface area contributed by atoms with Gasteiger partial charge in [-0.05, 0) is 24.1 Å². The van der Waals surface area contributed by atoms with Crippen LogP contribution in [-0.2, 0) is 19.2 Å². The molecule has 0 aromatic heterocycles. The van der Waals surface area contributed by atoms with Crippen LogP contribution in [0.5, 0.6) is 0 Å². The van der Waals surface area contributed by atoms with E-state index in [2.05, 4.69) is 10.6 Å². The Balaban J connectivity index is 1.74. The number of nitrogens with two attached hydrogens (primary N) is 1. The summed E-state index contributed by atoms with van der Waals surface area (Å²) >= 11 is 1.44. The minimum absolute atomic E-state index is 0.191.